The molecule has 2 fully saturated rings. The maximum atomic E-state index is 12.6. The first kappa shape index (κ1) is 15.9. The summed E-state index contributed by atoms with van der Waals surface area (Å²) in [6.07, 6.45) is 2.47. The van der Waals surface area contributed by atoms with Gasteiger partial charge in [0, 0.05) is 27.5 Å². The van der Waals surface area contributed by atoms with Crippen molar-refractivity contribution in [3.05, 3.63) is 35.9 Å². The third-order valence-electron chi connectivity index (χ3n) is 6.19. The zero-order valence-corrected chi connectivity index (χ0v) is 14.1. The minimum absolute atomic E-state index is 0.0118. The van der Waals surface area contributed by atoms with Gasteiger partial charge in [-0.05, 0) is 30.6 Å². The lowest BCUT2D eigenvalue weighted by atomic mass is 9.70. The van der Waals surface area contributed by atoms with Crippen LogP contribution in [0.15, 0.2) is 30.3 Å². The standard InChI is InChI=1S/C18H24O3S/c1-17(2)14-8-9-18(17,16(20)10-14)12-22(21)11-15(19)13-6-4-3-5-7-13/h3-7,14,16,20H,8-12H2,1-2H3/t14-,16-,18-,22?/m0/s1. The number of Topliss-reactive ketones (excluding diaryl/α,β-unsaturated/α-hetero) is 1. The molecule has 0 radical (unpaired) electrons. The van der Waals surface area contributed by atoms with Crippen LogP contribution in [0.3, 0.4) is 0 Å². The second kappa shape index (κ2) is 5.57. The van der Waals surface area contributed by atoms with Crippen molar-refractivity contribution >= 4 is 16.6 Å². The Hall–Kier alpha value is -1.00. The first-order chi connectivity index (χ1) is 10.4. The Balaban J connectivity index is 1.71. The molecule has 0 spiro atoms. The fourth-order valence-electron chi connectivity index (χ4n) is 4.57. The van der Waals surface area contributed by atoms with Crippen LogP contribution in [0.1, 0.15) is 43.5 Å². The predicted octanol–water partition coefficient (Wildman–Crippen LogP) is 2.81. The van der Waals surface area contributed by atoms with Gasteiger partial charge in [-0.3, -0.25) is 9.00 Å². The van der Waals surface area contributed by atoms with Gasteiger partial charge in [0.1, 0.15) is 0 Å². The van der Waals surface area contributed by atoms with Gasteiger partial charge in [0.05, 0.1) is 11.9 Å². The number of aliphatic hydroxyl groups excluding tert-OH is 1. The van der Waals surface area contributed by atoms with E-state index in [9.17, 15) is 14.1 Å². The van der Waals surface area contributed by atoms with Crippen molar-refractivity contribution in [2.24, 2.45) is 16.7 Å². The molecule has 1 N–H and O–H groups in total. The molecule has 22 heavy (non-hydrogen) atoms. The molecule has 120 valence electrons. The van der Waals surface area contributed by atoms with Crippen molar-refractivity contribution < 1.29 is 14.1 Å². The lowest BCUT2D eigenvalue weighted by Crippen LogP contribution is -2.44. The number of hydrogen-bond donors (Lipinski definition) is 1. The van der Waals surface area contributed by atoms with Gasteiger partial charge in [0.2, 0.25) is 0 Å². The number of benzene rings is 1. The summed E-state index contributed by atoms with van der Waals surface area (Å²) in [5.74, 6) is 0.939. The van der Waals surface area contributed by atoms with Crippen LogP contribution in [0, 0.1) is 16.7 Å². The number of hydrogen-bond acceptors (Lipinski definition) is 3. The maximum absolute atomic E-state index is 12.6. The molecule has 0 saturated heterocycles. The van der Waals surface area contributed by atoms with Crippen LogP contribution in [-0.2, 0) is 10.8 Å². The van der Waals surface area contributed by atoms with Crippen molar-refractivity contribution in [2.45, 2.75) is 39.2 Å². The summed E-state index contributed by atoms with van der Waals surface area (Å²) >= 11 is 0. The molecule has 0 heterocycles. The highest BCUT2D eigenvalue weighted by molar-refractivity contribution is 7.85. The van der Waals surface area contributed by atoms with E-state index < -0.39 is 10.8 Å². The lowest BCUT2D eigenvalue weighted by Gasteiger charge is -2.40. The molecule has 1 aromatic carbocycles. The Kier molecular flexibility index (Phi) is 4.02. The number of fused-ring (bicyclic) bond motifs is 2. The Bertz CT molecular complexity index is 596. The molecular formula is C18H24O3S. The summed E-state index contributed by atoms with van der Waals surface area (Å²) in [6.45, 7) is 4.38. The molecular weight excluding hydrogens is 296 g/mol. The SMILES string of the molecule is CC1(C)[C@H]2CC[C@]1(CS(=O)CC(=O)c1ccccc1)[C@@H](O)C2. The smallest absolute Gasteiger partial charge is 0.175 e. The molecule has 2 aliphatic rings. The number of aliphatic hydroxyl groups is 1. The summed E-state index contributed by atoms with van der Waals surface area (Å²) in [4.78, 5) is 12.2. The van der Waals surface area contributed by atoms with E-state index in [0.717, 1.165) is 19.3 Å². The monoisotopic (exact) mass is 320 g/mol. The molecule has 1 aromatic rings. The minimum atomic E-state index is -1.23. The largest absolute Gasteiger partial charge is 0.392 e. The molecule has 0 aromatic heterocycles. The van der Waals surface area contributed by atoms with Crippen LogP contribution in [0.2, 0.25) is 0 Å². The fraction of sp³-hybridized carbons (Fsp3) is 0.611. The van der Waals surface area contributed by atoms with Gasteiger partial charge in [-0.1, -0.05) is 44.2 Å². The Morgan fingerprint density at radius 3 is 2.55 bits per heavy atom. The highest BCUT2D eigenvalue weighted by atomic mass is 32.2. The maximum Gasteiger partial charge on any atom is 0.175 e. The molecule has 4 heteroatoms. The molecule has 3 nitrogen and oxygen atoms in total. The average Bonchev–Trinajstić information content (AvgIpc) is 2.82. The second-order valence-corrected chi connectivity index (χ2v) is 8.84. The molecule has 4 atom stereocenters. The van der Waals surface area contributed by atoms with Gasteiger partial charge in [-0.15, -0.1) is 0 Å². The summed E-state index contributed by atoms with van der Waals surface area (Å²) in [7, 11) is -1.23. The van der Waals surface area contributed by atoms with Crippen LogP contribution in [-0.4, -0.2) is 32.7 Å². The number of ketones is 1. The normalized spacial score (nSPS) is 33.8. The van der Waals surface area contributed by atoms with Crippen LogP contribution in [0.4, 0.5) is 0 Å². The summed E-state index contributed by atoms with van der Waals surface area (Å²) < 4.78 is 12.6. The van der Waals surface area contributed by atoms with Gasteiger partial charge in [-0.25, -0.2) is 0 Å². The second-order valence-electron chi connectivity index (χ2n) is 7.38. The Labute approximate surface area is 134 Å². The zero-order valence-electron chi connectivity index (χ0n) is 13.2. The molecule has 3 rings (SSSR count). The summed E-state index contributed by atoms with van der Waals surface area (Å²) in [5, 5.41) is 10.5. The number of rotatable bonds is 5. The van der Waals surface area contributed by atoms with E-state index in [4.69, 9.17) is 0 Å². The van der Waals surface area contributed by atoms with E-state index in [0.29, 0.717) is 17.2 Å². The topological polar surface area (TPSA) is 54.4 Å². The molecule has 2 aliphatic carbocycles. The number of carbonyl (C=O) groups excluding carboxylic acids is 1. The third-order valence-corrected chi connectivity index (χ3v) is 7.62. The predicted molar refractivity (Wildman–Crippen MR) is 88.2 cm³/mol. The van der Waals surface area contributed by atoms with Crippen molar-refractivity contribution in [2.75, 3.05) is 11.5 Å². The van der Waals surface area contributed by atoms with Crippen LogP contribution in [0.5, 0.6) is 0 Å². The summed E-state index contributed by atoms with van der Waals surface area (Å²) in [5.41, 5.74) is 0.348. The molecule has 2 saturated carbocycles. The quantitative estimate of drug-likeness (QED) is 0.849. The third kappa shape index (κ3) is 2.37. The van der Waals surface area contributed by atoms with Crippen molar-refractivity contribution in [1.82, 2.24) is 0 Å². The van der Waals surface area contributed by atoms with Crippen molar-refractivity contribution in [3.8, 4) is 0 Å². The van der Waals surface area contributed by atoms with Gasteiger partial charge in [0.25, 0.3) is 0 Å². The van der Waals surface area contributed by atoms with Gasteiger partial charge < -0.3 is 5.11 Å². The van der Waals surface area contributed by atoms with E-state index >= 15 is 0 Å². The van der Waals surface area contributed by atoms with Crippen LogP contribution < -0.4 is 0 Å². The first-order valence-corrected chi connectivity index (χ1v) is 9.47. The van der Waals surface area contributed by atoms with E-state index in [-0.39, 0.29) is 28.5 Å². The highest BCUT2D eigenvalue weighted by Gasteiger charge is 2.64. The molecule has 0 amide bonds. The number of carbonyl (C=O) groups is 1. The van der Waals surface area contributed by atoms with Gasteiger partial charge >= 0.3 is 0 Å². The minimum Gasteiger partial charge on any atom is -0.392 e. The molecule has 2 bridgehead atoms. The average molecular weight is 320 g/mol. The Morgan fingerprint density at radius 1 is 1.32 bits per heavy atom. The van der Waals surface area contributed by atoms with Gasteiger partial charge in [-0.2, -0.15) is 0 Å². The summed E-state index contributed by atoms with van der Waals surface area (Å²) in [6, 6.07) is 9.03. The van der Waals surface area contributed by atoms with Crippen molar-refractivity contribution in [1.29, 1.82) is 0 Å². The first-order valence-electron chi connectivity index (χ1n) is 7.98. The van der Waals surface area contributed by atoms with E-state index in [1.54, 1.807) is 12.1 Å². The van der Waals surface area contributed by atoms with E-state index in [1.165, 1.54) is 0 Å². The van der Waals surface area contributed by atoms with E-state index in [1.807, 2.05) is 18.2 Å². The molecule has 1 unspecified atom stereocenters. The van der Waals surface area contributed by atoms with Gasteiger partial charge in [0.15, 0.2) is 5.78 Å². The van der Waals surface area contributed by atoms with Crippen molar-refractivity contribution in [3.63, 3.8) is 0 Å². The lowest BCUT2D eigenvalue weighted by molar-refractivity contribution is 0.0160. The highest BCUT2D eigenvalue weighted by Crippen LogP contribution is 2.65. The van der Waals surface area contributed by atoms with Crippen LogP contribution >= 0.6 is 0 Å². The Morgan fingerprint density at radius 2 is 2.00 bits per heavy atom. The zero-order chi connectivity index (χ0) is 16.0. The molecule has 0 aliphatic heterocycles. The van der Waals surface area contributed by atoms with E-state index in [2.05, 4.69) is 13.8 Å². The fourth-order valence-corrected chi connectivity index (χ4v) is 6.42. The van der Waals surface area contributed by atoms with Crippen LogP contribution in [0.25, 0.3) is 0 Å².